The van der Waals surface area contributed by atoms with Crippen molar-refractivity contribution in [3.05, 3.63) is 125 Å². The molecular weight excluding hydrogens is 585 g/mol. The van der Waals surface area contributed by atoms with Crippen molar-refractivity contribution < 1.29 is 42.1 Å². The molecule has 45 heavy (non-hydrogen) atoms. The van der Waals surface area contributed by atoms with Gasteiger partial charge in [0.05, 0.1) is 12.7 Å². The fourth-order valence-corrected chi connectivity index (χ4v) is 5.36. The van der Waals surface area contributed by atoms with Gasteiger partial charge in [-0.15, -0.1) is 0 Å². The molecule has 4 aromatic carbocycles. The van der Waals surface area contributed by atoms with Gasteiger partial charge in [-0.3, -0.25) is 4.79 Å². The number of alkyl halides is 3. The SMILES string of the molecule is COc1ccc(C(C)(c2ccc(C(=O)Oc3ccc(C(C)(CCCO)c4ccc(OC(C)=O)cc4)cc3)cc2)C(F)(F)F)cc1. The van der Waals surface area contributed by atoms with Crippen LogP contribution in [-0.2, 0) is 15.6 Å². The van der Waals surface area contributed by atoms with Crippen LogP contribution in [0.4, 0.5) is 13.2 Å². The van der Waals surface area contributed by atoms with Gasteiger partial charge in [0.1, 0.15) is 22.7 Å². The van der Waals surface area contributed by atoms with Crippen molar-refractivity contribution in [1.82, 2.24) is 0 Å². The molecule has 0 spiro atoms. The number of esters is 2. The van der Waals surface area contributed by atoms with Gasteiger partial charge in [0.15, 0.2) is 0 Å². The number of ether oxygens (including phenoxy) is 3. The molecular formula is C36H35F3O6. The number of hydrogen-bond donors (Lipinski definition) is 1. The summed E-state index contributed by atoms with van der Waals surface area (Å²) in [7, 11) is 1.44. The van der Waals surface area contributed by atoms with E-state index in [9.17, 15) is 27.9 Å². The lowest BCUT2D eigenvalue weighted by molar-refractivity contribution is -0.173. The van der Waals surface area contributed by atoms with Crippen molar-refractivity contribution in [3.8, 4) is 17.2 Å². The molecule has 0 saturated carbocycles. The summed E-state index contributed by atoms with van der Waals surface area (Å²) in [5.41, 5.74) is -0.863. The van der Waals surface area contributed by atoms with Crippen molar-refractivity contribution in [2.24, 2.45) is 0 Å². The van der Waals surface area contributed by atoms with Crippen molar-refractivity contribution in [1.29, 1.82) is 0 Å². The Kier molecular flexibility index (Phi) is 10.0. The van der Waals surface area contributed by atoms with Crippen LogP contribution in [0.5, 0.6) is 17.2 Å². The number of aliphatic hydroxyl groups excluding tert-OH is 1. The molecule has 0 amide bonds. The highest BCUT2D eigenvalue weighted by atomic mass is 19.4. The number of methoxy groups -OCH3 is 1. The predicted octanol–water partition coefficient (Wildman–Crippen LogP) is 7.79. The lowest BCUT2D eigenvalue weighted by Gasteiger charge is -2.33. The van der Waals surface area contributed by atoms with Crippen LogP contribution in [0.3, 0.4) is 0 Å². The Hall–Kier alpha value is -4.63. The Bertz CT molecular complexity index is 1600. The average molecular weight is 621 g/mol. The molecule has 236 valence electrons. The third-order valence-corrected chi connectivity index (χ3v) is 8.22. The maximum atomic E-state index is 14.4. The Morgan fingerprint density at radius 1 is 0.667 bits per heavy atom. The molecule has 0 saturated heterocycles. The topological polar surface area (TPSA) is 82.1 Å². The lowest BCUT2D eigenvalue weighted by Crippen LogP contribution is -2.40. The Morgan fingerprint density at radius 3 is 1.51 bits per heavy atom. The molecule has 0 radical (unpaired) electrons. The first-order valence-corrected chi connectivity index (χ1v) is 14.4. The summed E-state index contributed by atoms with van der Waals surface area (Å²) in [4.78, 5) is 24.2. The molecule has 2 atom stereocenters. The fraction of sp³-hybridized carbons (Fsp3) is 0.278. The first-order valence-electron chi connectivity index (χ1n) is 14.4. The molecule has 0 aromatic heterocycles. The molecule has 6 nitrogen and oxygen atoms in total. The van der Waals surface area contributed by atoms with Gasteiger partial charge >= 0.3 is 18.1 Å². The van der Waals surface area contributed by atoms with Crippen LogP contribution < -0.4 is 14.2 Å². The van der Waals surface area contributed by atoms with Gasteiger partial charge in [0.25, 0.3) is 0 Å². The largest absolute Gasteiger partial charge is 0.497 e. The monoisotopic (exact) mass is 620 g/mol. The summed E-state index contributed by atoms with van der Waals surface area (Å²) in [5, 5.41) is 9.52. The molecule has 0 aliphatic carbocycles. The Labute approximate surface area is 260 Å². The average Bonchev–Trinajstić information content (AvgIpc) is 3.03. The summed E-state index contributed by atoms with van der Waals surface area (Å²) in [5.74, 6) is 0.00610. The van der Waals surface area contributed by atoms with E-state index in [2.05, 4.69) is 0 Å². The van der Waals surface area contributed by atoms with E-state index in [1.165, 1.54) is 62.6 Å². The van der Waals surface area contributed by atoms with Crippen molar-refractivity contribution >= 4 is 11.9 Å². The van der Waals surface area contributed by atoms with Crippen LogP contribution in [-0.4, -0.2) is 36.9 Å². The second-order valence-electron chi connectivity index (χ2n) is 11.1. The van der Waals surface area contributed by atoms with Crippen molar-refractivity contribution in [2.45, 2.75) is 50.6 Å². The van der Waals surface area contributed by atoms with Crippen LogP contribution >= 0.6 is 0 Å². The van der Waals surface area contributed by atoms with Gasteiger partial charge in [-0.25, -0.2) is 4.79 Å². The number of benzene rings is 4. The molecule has 4 rings (SSSR count). The van der Waals surface area contributed by atoms with E-state index in [0.717, 1.165) is 18.1 Å². The molecule has 1 N–H and O–H groups in total. The molecule has 0 fully saturated rings. The standard InChI is InChI=1S/C36H35F3O6/c1-24(41)44-31-18-10-26(11-19-31)34(2,22-5-23-40)27-12-20-32(21-13-27)45-33(42)25-6-8-28(9-7-25)35(3,36(37,38)39)29-14-16-30(43-4)17-15-29/h6-21,40H,5,22-23H2,1-4H3. The third-order valence-electron chi connectivity index (χ3n) is 8.22. The molecule has 9 heteroatoms. The van der Waals surface area contributed by atoms with Gasteiger partial charge in [0.2, 0.25) is 0 Å². The quantitative estimate of drug-likeness (QED) is 0.136. The van der Waals surface area contributed by atoms with E-state index in [-0.39, 0.29) is 29.0 Å². The number of hydrogen-bond acceptors (Lipinski definition) is 6. The van der Waals surface area contributed by atoms with Crippen molar-refractivity contribution in [2.75, 3.05) is 13.7 Å². The minimum Gasteiger partial charge on any atom is -0.497 e. The predicted molar refractivity (Wildman–Crippen MR) is 164 cm³/mol. The Morgan fingerprint density at radius 2 is 1.09 bits per heavy atom. The number of aliphatic hydroxyl groups is 1. The van der Waals surface area contributed by atoms with E-state index in [1.54, 1.807) is 24.3 Å². The minimum absolute atomic E-state index is 0.0117. The zero-order valence-corrected chi connectivity index (χ0v) is 25.5. The lowest BCUT2D eigenvalue weighted by atomic mass is 9.73. The zero-order chi connectivity index (χ0) is 32.8. The molecule has 0 aliphatic rings. The van der Waals surface area contributed by atoms with Crippen LogP contribution in [0.2, 0.25) is 0 Å². The smallest absolute Gasteiger partial charge is 0.402 e. The number of carbonyl (C=O) groups excluding carboxylic acids is 2. The van der Waals surface area contributed by atoms with E-state index in [1.807, 2.05) is 31.2 Å². The van der Waals surface area contributed by atoms with E-state index in [0.29, 0.717) is 24.3 Å². The van der Waals surface area contributed by atoms with Gasteiger partial charge in [-0.1, -0.05) is 55.5 Å². The summed E-state index contributed by atoms with van der Waals surface area (Å²) in [6.07, 6.45) is -3.45. The minimum atomic E-state index is -4.61. The van der Waals surface area contributed by atoms with E-state index >= 15 is 0 Å². The third kappa shape index (κ3) is 7.20. The number of rotatable bonds is 11. The maximum Gasteiger partial charge on any atom is 0.402 e. The maximum absolute atomic E-state index is 14.4. The van der Waals surface area contributed by atoms with E-state index < -0.39 is 28.9 Å². The fourth-order valence-electron chi connectivity index (χ4n) is 5.36. The van der Waals surface area contributed by atoms with Crippen LogP contribution in [0, 0.1) is 0 Å². The first-order chi connectivity index (χ1) is 21.3. The summed E-state index contributed by atoms with van der Waals surface area (Å²) < 4.78 is 59.0. The van der Waals surface area contributed by atoms with Crippen molar-refractivity contribution in [3.63, 3.8) is 0 Å². The molecule has 0 aliphatic heterocycles. The van der Waals surface area contributed by atoms with E-state index in [4.69, 9.17) is 14.2 Å². The highest BCUT2D eigenvalue weighted by Crippen LogP contribution is 2.46. The second-order valence-corrected chi connectivity index (χ2v) is 11.1. The van der Waals surface area contributed by atoms with Crippen LogP contribution in [0.25, 0.3) is 0 Å². The summed E-state index contributed by atoms with van der Waals surface area (Å²) in [6, 6.07) is 25.1. The van der Waals surface area contributed by atoms with Crippen LogP contribution in [0.1, 0.15) is 66.2 Å². The number of carbonyl (C=O) groups is 2. The number of halogens is 3. The van der Waals surface area contributed by atoms with Gasteiger partial charge in [0, 0.05) is 18.9 Å². The molecule has 0 bridgehead atoms. The normalized spacial score (nSPS) is 14.1. The van der Waals surface area contributed by atoms with Crippen LogP contribution in [0.15, 0.2) is 97.1 Å². The molecule has 2 unspecified atom stereocenters. The van der Waals surface area contributed by atoms with Gasteiger partial charge in [-0.2, -0.15) is 13.2 Å². The molecule has 4 aromatic rings. The zero-order valence-electron chi connectivity index (χ0n) is 25.5. The summed E-state index contributed by atoms with van der Waals surface area (Å²) >= 11 is 0. The highest BCUT2D eigenvalue weighted by molar-refractivity contribution is 5.91. The first kappa shape index (κ1) is 33.3. The molecule has 0 heterocycles. The van der Waals surface area contributed by atoms with Gasteiger partial charge in [-0.05, 0) is 90.6 Å². The second kappa shape index (κ2) is 13.6. The summed E-state index contributed by atoms with van der Waals surface area (Å²) in [6.45, 7) is 4.48. The van der Waals surface area contributed by atoms with Gasteiger partial charge < -0.3 is 19.3 Å². The highest BCUT2D eigenvalue weighted by Gasteiger charge is 2.53. The Balaban J connectivity index is 1.53.